The lowest BCUT2D eigenvalue weighted by molar-refractivity contribution is -0.137. The van der Waals surface area contributed by atoms with Gasteiger partial charge in [-0.25, -0.2) is 4.79 Å². The average molecular weight is 306 g/mol. The van der Waals surface area contributed by atoms with Crippen molar-refractivity contribution in [1.29, 1.82) is 0 Å². The summed E-state index contributed by atoms with van der Waals surface area (Å²) in [6.07, 6.45) is 4.95. The van der Waals surface area contributed by atoms with E-state index in [0.717, 1.165) is 35.1 Å². The lowest BCUT2D eigenvalue weighted by Gasteiger charge is -2.01. The van der Waals surface area contributed by atoms with Crippen molar-refractivity contribution in [3.63, 3.8) is 0 Å². The van der Waals surface area contributed by atoms with Gasteiger partial charge in [-0.2, -0.15) is 0 Å². The third kappa shape index (κ3) is 3.09. The first-order chi connectivity index (χ1) is 11.2. The first-order valence-electron chi connectivity index (χ1n) is 7.83. The Hall–Kier alpha value is -2.68. The van der Waals surface area contributed by atoms with Gasteiger partial charge in [0.1, 0.15) is 0 Å². The van der Waals surface area contributed by atoms with Crippen molar-refractivity contribution >= 4 is 17.8 Å². The maximum absolute atomic E-state index is 12.4. The van der Waals surface area contributed by atoms with E-state index in [1.807, 2.05) is 49.4 Å². The van der Waals surface area contributed by atoms with Gasteiger partial charge in [0.15, 0.2) is 5.78 Å². The molecule has 0 aliphatic heterocycles. The zero-order valence-corrected chi connectivity index (χ0v) is 13.0. The minimum absolute atomic E-state index is 0.0383. The second-order valence-corrected chi connectivity index (χ2v) is 5.53. The molecular weight excluding hydrogens is 288 g/mol. The fraction of sp³-hybridized carbons (Fsp3) is 0.200. The molecule has 0 aromatic heterocycles. The number of rotatable bonds is 5. The maximum Gasteiger partial charge on any atom is 0.330 e. The molecular formula is C20H18O3. The summed E-state index contributed by atoms with van der Waals surface area (Å²) in [7, 11) is 0. The Bertz CT molecular complexity index is 787. The monoisotopic (exact) mass is 306 g/mol. The lowest BCUT2D eigenvalue weighted by atomic mass is 10.0. The molecule has 0 saturated heterocycles. The van der Waals surface area contributed by atoms with Crippen LogP contribution in [0.15, 0.2) is 48.5 Å². The fourth-order valence-electron chi connectivity index (χ4n) is 2.68. The Morgan fingerprint density at radius 1 is 1.04 bits per heavy atom. The van der Waals surface area contributed by atoms with Gasteiger partial charge in [0, 0.05) is 17.2 Å². The summed E-state index contributed by atoms with van der Waals surface area (Å²) in [4.78, 5) is 24.0. The number of ketones is 1. The second kappa shape index (κ2) is 6.61. The number of hydrogen-bond acceptors (Lipinski definition) is 3. The molecule has 23 heavy (non-hydrogen) atoms. The summed E-state index contributed by atoms with van der Waals surface area (Å²) < 4.78 is 5.08. The van der Waals surface area contributed by atoms with Crippen LogP contribution in [0.5, 0.6) is 0 Å². The van der Waals surface area contributed by atoms with Crippen LogP contribution < -0.4 is 0 Å². The summed E-state index contributed by atoms with van der Waals surface area (Å²) in [5.41, 5.74) is 4.17. The second-order valence-electron chi connectivity index (χ2n) is 5.53. The molecule has 1 aliphatic rings. The molecule has 3 rings (SSSR count). The highest BCUT2D eigenvalue weighted by Crippen LogP contribution is 2.36. The van der Waals surface area contributed by atoms with E-state index in [-0.39, 0.29) is 11.8 Å². The van der Waals surface area contributed by atoms with Crippen molar-refractivity contribution in [2.45, 2.75) is 19.8 Å². The summed E-state index contributed by atoms with van der Waals surface area (Å²) in [5, 5.41) is 0. The fourth-order valence-corrected chi connectivity index (χ4v) is 2.68. The van der Waals surface area contributed by atoms with E-state index in [1.165, 1.54) is 6.08 Å². The van der Waals surface area contributed by atoms with Crippen molar-refractivity contribution in [3.05, 3.63) is 65.2 Å². The van der Waals surface area contributed by atoms with Gasteiger partial charge in [0.05, 0.1) is 6.61 Å². The smallest absolute Gasteiger partial charge is 0.330 e. The van der Waals surface area contributed by atoms with Crippen molar-refractivity contribution in [1.82, 2.24) is 0 Å². The molecule has 0 atom stereocenters. The minimum atomic E-state index is -0.353. The largest absolute Gasteiger partial charge is 0.463 e. The predicted molar refractivity (Wildman–Crippen MR) is 90.2 cm³/mol. The average Bonchev–Trinajstić information content (AvgIpc) is 2.86. The van der Waals surface area contributed by atoms with Crippen molar-refractivity contribution < 1.29 is 14.3 Å². The quantitative estimate of drug-likeness (QED) is 0.402. The zero-order chi connectivity index (χ0) is 16.2. The molecule has 3 heteroatoms. The molecule has 0 spiro atoms. The van der Waals surface area contributed by atoms with E-state index in [4.69, 9.17) is 4.74 Å². The van der Waals surface area contributed by atoms with Gasteiger partial charge in [-0.3, -0.25) is 4.79 Å². The van der Waals surface area contributed by atoms with Gasteiger partial charge in [-0.1, -0.05) is 49.7 Å². The van der Waals surface area contributed by atoms with Crippen molar-refractivity contribution in [2.75, 3.05) is 6.61 Å². The molecule has 0 radical (unpaired) electrons. The Morgan fingerprint density at radius 2 is 1.78 bits per heavy atom. The Kier molecular flexibility index (Phi) is 4.38. The highest BCUT2D eigenvalue weighted by atomic mass is 16.5. The molecule has 0 N–H and O–H groups in total. The molecule has 1 aliphatic carbocycles. The van der Waals surface area contributed by atoms with E-state index in [9.17, 15) is 9.59 Å². The van der Waals surface area contributed by atoms with Crippen LogP contribution in [-0.4, -0.2) is 18.4 Å². The summed E-state index contributed by atoms with van der Waals surface area (Å²) >= 11 is 0. The molecule has 0 unspecified atom stereocenters. The van der Waals surface area contributed by atoms with Crippen LogP contribution in [0.25, 0.3) is 17.2 Å². The number of hydrogen-bond donors (Lipinski definition) is 0. The van der Waals surface area contributed by atoms with Crippen LogP contribution in [0.4, 0.5) is 0 Å². The molecule has 3 nitrogen and oxygen atoms in total. The summed E-state index contributed by atoms with van der Waals surface area (Å²) in [6.45, 7) is 2.49. The van der Waals surface area contributed by atoms with Crippen LogP contribution in [0, 0.1) is 0 Å². The normalized spacial score (nSPS) is 12.3. The number of unbranched alkanes of at least 4 members (excludes halogenated alkanes) is 1. The molecule has 0 bridgehead atoms. The van der Waals surface area contributed by atoms with Gasteiger partial charge in [0.2, 0.25) is 0 Å². The number of esters is 1. The first-order valence-corrected chi connectivity index (χ1v) is 7.83. The number of benzene rings is 2. The third-order valence-electron chi connectivity index (χ3n) is 3.90. The van der Waals surface area contributed by atoms with E-state index < -0.39 is 0 Å². The molecule has 2 aromatic rings. The van der Waals surface area contributed by atoms with Crippen LogP contribution in [0.3, 0.4) is 0 Å². The zero-order valence-electron chi connectivity index (χ0n) is 13.0. The van der Waals surface area contributed by atoms with E-state index in [1.54, 1.807) is 6.08 Å². The molecule has 116 valence electrons. The summed E-state index contributed by atoms with van der Waals surface area (Å²) in [6, 6.07) is 13.3. The topological polar surface area (TPSA) is 43.4 Å². The molecule has 2 aromatic carbocycles. The van der Waals surface area contributed by atoms with Crippen LogP contribution in [-0.2, 0) is 9.53 Å². The Morgan fingerprint density at radius 3 is 2.57 bits per heavy atom. The van der Waals surface area contributed by atoms with Gasteiger partial charge in [0.25, 0.3) is 0 Å². The molecule has 0 heterocycles. The Labute approximate surface area is 135 Å². The van der Waals surface area contributed by atoms with E-state index in [2.05, 4.69) is 0 Å². The van der Waals surface area contributed by atoms with Gasteiger partial charge < -0.3 is 4.74 Å². The van der Waals surface area contributed by atoms with Crippen molar-refractivity contribution in [3.8, 4) is 11.1 Å². The number of carbonyl (C=O) groups excluding carboxylic acids is 2. The van der Waals surface area contributed by atoms with E-state index in [0.29, 0.717) is 12.2 Å². The Balaban J connectivity index is 1.78. The SMILES string of the molecule is CCCCOC(=O)/C=C/c1ccc2c(c1)C(=O)c1ccccc1-2. The van der Waals surface area contributed by atoms with Crippen LogP contribution in [0.1, 0.15) is 41.3 Å². The highest BCUT2D eigenvalue weighted by Gasteiger charge is 2.25. The highest BCUT2D eigenvalue weighted by molar-refractivity contribution is 6.21. The third-order valence-corrected chi connectivity index (χ3v) is 3.90. The van der Waals surface area contributed by atoms with E-state index >= 15 is 0 Å². The van der Waals surface area contributed by atoms with Gasteiger partial charge in [-0.05, 0) is 35.3 Å². The van der Waals surface area contributed by atoms with Crippen molar-refractivity contribution in [2.24, 2.45) is 0 Å². The predicted octanol–water partition coefficient (Wildman–Crippen LogP) is 4.25. The standard InChI is InChI=1S/C20H18O3/c1-2-3-12-23-19(21)11-9-14-8-10-16-15-6-4-5-7-17(15)20(22)18(16)13-14/h4-11,13H,2-3,12H2,1H3/b11-9+. The molecule has 0 saturated carbocycles. The minimum Gasteiger partial charge on any atom is -0.463 e. The molecule has 0 amide bonds. The van der Waals surface area contributed by atoms with Crippen LogP contribution in [0.2, 0.25) is 0 Å². The van der Waals surface area contributed by atoms with Crippen LogP contribution >= 0.6 is 0 Å². The summed E-state index contributed by atoms with van der Waals surface area (Å²) in [5.74, 6) is -0.315. The number of ether oxygens (including phenoxy) is 1. The maximum atomic E-state index is 12.4. The number of carbonyl (C=O) groups is 2. The molecule has 0 fully saturated rings. The van der Waals surface area contributed by atoms with Gasteiger partial charge >= 0.3 is 5.97 Å². The number of fused-ring (bicyclic) bond motifs is 3. The first kappa shape index (κ1) is 15.2. The lowest BCUT2D eigenvalue weighted by Crippen LogP contribution is -2.01. The van der Waals surface area contributed by atoms with Gasteiger partial charge in [-0.15, -0.1) is 0 Å².